The van der Waals surface area contributed by atoms with Gasteiger partial charge in [-0.1, -0.05) is 24.3 Å². The van der Waals surface area contributed by atoms with Crippen molar-refractivity contribution in [2.75, 3.05) is 54.4 Å². The third-order valence-electron chi connectivity index (χ3n) is 7.99. The van der Waals surface area contributed by atoms with Crippen molar-refractivity contribution in [2.45, 2.75) is 31.7 Å². The van der Waals surface area contributed by atoms with Gasteiger partial charge in [0.1, 0.15) is 13.1 Å². The van der Waals surface area contributed by atoms with Crippen LogP contribution in [-0.4, -0.2) is 105 Å². The van der Waals surface area contributed by atoms with Gasteiger partial charge in [-0.15, -0.1) is 10.2 Å². The van der Waals surface area contributed by atoms with Crippen LogP contribution in [0.1, 0.15) is 25.7 Å². The Bertz CT molecular complexity index is 1500. The van der Waals surface area contributed by atoms with E-state index >= 15 is 0 Å². The molecule has 0 saturated carbocycles. The normalized spacial score (nSPS) is 17.1. The Morgan fingerprint density at radius 1 is 0.795 bits per heavy atom. The van der Waals surface area contributed by atoms with Crippen LogP contribution in [0.15, 0.2) is 48.5 Å². The first-order valence-corrected chi connectivity index (χ1v) is 14.6. The van der Waals surface area contributed by atoms with Crippen molar-refractivity contribution in [1.29, 1.82) is 0 Å². The summed E-state index contributed by atoms with van der Waals surface area (Å²) in [6.45, 7) is 1.72. The minimum atomic E-state index is -1.71. The fourth-order valence-corrected chi connectivity index (χ4v) is 5.75. The molecule has 2 saturated heterocycles. The number of likely N-dealkylation sites (tertiary alicyclic amines) is 2. The number of aromatic amines is 1. The molecule has 3 aliphatic rings. The summed E-state index contributed by atoms with van der Waals surface area (Å²) in [5.74, 6) is -1.76. The lowest BCUT2D eigenvalue weighted by molar-refractivity contribution is -0.134. The molecule has 3 aromatic rings. The van der Waals surface area contributed by atoms with Gasteiger partial charge in [0.05, 0.1) is 11.4 Å². The van der Waals surface area contributed by atoms with E-state index in [1.165, 1.54) is 9.80 Å². The van der Waals surface area contributed by atoms with Crippen LogP contribution in [0.2, 0.25) is 0 Å². The van der Waals surface area contributed by atoms with Crippen molar-refractivity contribution in [1.82, 2.24) is 35.7 Å². The molecule has 4 heterocycles. The van der Waals surface area contributed by atoms with Crippen molar-refractivity contribution in [3.63, 3.8) is 0 Å². The van der Waals surface area contributed by atoms with Gasteiger partial charge in [-0.25, -0.2) is 4.79 Å². The average molecular weight is 601 g/mol. The number of tetrazole rings is 1. The number of rotatable bonds is 7. The second-order valence-electron chi connectivity index (χ2n) is 10.9. The molecule has 3 aliphatic heterocycles. The number of carbonyl (C=O) groups excluding carboxylic acids is 5. The maximum absolute atomic E-state index is 14.1. The molecule has 44 heavy (non-hydrogen) atoms. The number of amides is 6. The number of aromatic nitrogens is 4. The lowest BCUT2D eigenvalue weighted by atomic mass is 10.2. The molecule has 0 bridgehead atoms. The number of nitrogens with zero attached hydrogens (tertiary/aromatic N) is 7. The highest BCUT2D eigenvalue weighted by atomic mass is 16.2. The molecule has 1 aromatic heterocycles. The molecule has 0 spiro atoms. The molecule has 6 rings (SSSR count). The molecule has 0 radical (unpaired) electrons. The lowest BCUT2D eigenvalue weighted by Gasteiger charge is -2.27. The van der Waals surface area contributed by atoms with Gasteiger partial charge in [0.2, 0.25) is 17.6 Å². The van der Waals surface area contributed by atoms with E-state index in [2.05, 4.69) is 31.3 Å². The summed E-state index contributed by atoms with van der Waals surface area (Å²) in [7, 11) is 0. The Hall–Kier alpha value is -5.34. The predicted octanol–water partition coefficient (Wildman–Crippen LogP) is 0.981. The quantitative estimate of drug-likeness (QED) is 0.336. The van der Waals surface area contributed by atoms with E-state index < -0.39 is 23.9 Å². The van der Waals surface area contributed by atoms with Crippen LogP contribution in [0, 0.1) is 0 Å². The minimum Gasteiger partial charge on any atom is -0.341 e. The van der Waals surface area contributed by atoms with Gasteiger partial charge in [-0.2, -0.15) is 5.21 Å². The molecule has 0 unspecified atom stereocenters. The number of para-hydroxylation sites is 2. The third kappa shape index (κ3) is 5.93. The summed E-state index contributed by atoms with van der Waals surface area (Å²) >= 11 is 0. The fraction of sp³-hybridized carbons (Fsp3) is 0.379. The average Bonchev–Trinajstić information content (AvgIpc) is 3.84. The van der Waals surface area contributed by atoms with Gasteiger partial charge in [-0.05, 0) is 55.2 Å². The Balaban J connectivity index is 1.30. The SMILES string of the molecule is O=C(Nc1cccc(-c2nn[nH]n2)c1)NC1C(=O)N(CC(=O)N2CCCC2)c2ccccc2N(CC(=O)N2CCCC2)C1=O. The number of benzene rings is 2. The number of hydrogen-bond acceptors (Lipinski definition) is 8. The largest absolute Gasteiger partial charge is 0.341 e. The molecule has 228 valence electrons. The predicted molar refractivity (Wildman–Crippen MR) is 158 cm³/mol. The first-order valence-electron chi connectivity index (χ1n) is 14.6. The first-order chi connectivity index (χ1) is 21.4. The van der Waals surface area contributed by atoms with Gasteiger partial charge in [0.15, 0.2) is 6.04 Å². The van der Waals surface area contributed by atoms with Gasteiger partial charge in [-0.3, -0.25) is 29.0 Å². The van der Waals surface area contributed by atoms with Crippen molar-refractivity contribution < 1.29 is 24.0 Å². The highest BCUT2D eigenvalue weighted by Crippen LogP contribution is 2.34. The Morgan fingerprint density at radius 2 is 1.36 bits per heavy atom. The number of hydrogen-bond donors (Lipinski definition) is 3. The minimum absolute atomic E-state index is 0.263. The van der Waals surface area contributed by atoms with Gasteiger partial charge >= 0.3 is 6.03 Å². The van der Waals surface area contributed by atoms with Crippen LogP contribution >= 0.6 is 0 Å². The zero-order valence-electron chi connectivity index (χ0n) is 23.9. The fourth-order valence-electron chi connectivity index (χ4n) is 5.75. The molecule has 6 amide bonds. The van der Waals surface area contributed by atoms with E-state index in [0.29, 0.717) is 54.6 Å². The molecule has 15 nitrogen and oxygen atoms in total. The Kier molecular flexibility index (Phi) is 8.16. The van der Waals surface area contributed by atoms with E-state index in [9.17, 15) is 24.0 Å². The second kappa shape index (κ2) is 12.5. The van der Waals surface area contributed by atoms with Gasteiger partial charge in [0, 0.05) is 37.4 Å². The maximum atomic E-state index is 14.1. The number of fused-ring (bicyclic) bond motifs is 1. The van der Waals surface area contributed by atoms with Crippen molar-refractivity contribution in [3.05, 3.63) is 48.5 Å². The van der Waals surface area contributed by atoms with E-state index in [0.717, 1.165) is 25.7 Å². The summed E-state index contributed by atoms with van der Waals surface area (Å²) in [5.41, 5.74) is 1.55. The Labute approximate surface area is 252 Å². The summed E-state index contributed by atoms with van der Waals surface area (Å²) in [6.07, 6.45) is 3.50. The zero-order chi connectivity index (χ0) is 30.6. The van der Waals surface area contributed by atoms with Crippen LogP contribution < -0.4 is 20.4 Å². The molecular weight excluding hydrogens is 568 g/mol. The summed E-state index contributed by atoms with van der Waals surface area (Å²) in [4.78, 5) is 73.8. The number of anilines is 3. The molecule has 2 aromatic carbocycles. The second-order valence-corrected chi connectivity index (χ2v) is 10.9. The lowest BCUT2D eigenvalue weighted by Crippen LogP contribution is -2.58. The molecule has 3 N–H and O–H groups in total. The van der Waals surface area contributed by atoms with Crippen molar-refractivity contribution in [2.24, 2.45) is 0 Å². The number of urea groups is 1. The van der Waals surface area contributed by atoms with Gasteiger partial charge < -0.3 is 20.4 Å². The summed E-state index contributed by atoms with van der Waals surface area (Å²) in [6, 6.07) is 10.8. The van der Waals surface area contributed by atoms with Crippen molar-refractivity contribution >= 4 is 46.7 Å². The number of carbonyl (C=O) groups is 5. The van der Waals surface area contributed by atoms with E-state index in [4.69, 9.17) is 0 Å². The number of nitrogens with one attached hydrogen (secondary N) is 3. The molecule has 2 fully saturated rings. The highest BCUT2D eigenvalue weighted by molar-refractivity contribution is 6.23. The topological polar surface area (TPSA) is 177 Å². The summed E-state index contributed by atoms with van der Waals surface area (Å²) < 4.78 is 0. The van der Waals surface area contributed by atoms with E-state index in [-0.39, 0.29) is 24.9 Å². The van der Waals surface area contributed by atoms with Crippen LogP contribution in [0.25, 0.3) is 11.4 Å². The molecular formula is C29H32N10O5. The third-order valence-corrected chi connectivity index (χ3v) is 7.99. The standard InChI is InChI=1S/C29H32N10O5/c40-23(36-12-3-4-13-36)17-38-21-10-1-2-11-22(21)39(18-24(41)37-14-5-6-15-37)28(43)25(27(38)42)31-29(44)30-20-9-7-8-19(16-20)26-32-34-35-33-26/h1-2,7-11,16,25H,3-6,12-15,17-18H2,(H2,30,31,44)(H,32,33,34,35). The highest BCUT2D eigenvalue weighted by Gasteiger charge is 2.43. The molecule has 0 atom stereocenters. The van der Waals surface area contributed by atoms with Crippen molar-refractivity contribution in [3.8, 4) is 11.4 Å². The van der Waals surface area contributed by atoms with Gasteiger partial charge in [0.25, 0.3) is 11.8 Å². The van der Waals surface area contributed by atoms with E-state index in [1.54, 1.807) is 58.3 Å². The van der Waals surface area contributed by atoms with Crippen LogP contribution in [0.4, 0.5) is 21.9 Å². The first kappa shape index (κ1) is 28.8. The number of H-pyrrole nitrogens is 1. The zero-order valence-corrected chi connectivity index (χ0v) is 23.9. The molecule has 15 heteroatoms. The van der Waals surface area contributed by atoms with Crippen LogP contribution in [0.5, 0.6) is 0 Å². The van der Waals surface area contributed by atoms with Crippen LogP contribution in [-0.2, 0) is 19.2 Å². The van der Waals surface area contributed by atoms with E-state index in [1.807, 2.05) is 0 Å². The van der Waals surface area contributed by atoms with Crippen LogP contribution in [0.3, 0.4) is 0 Å². The Morgan fingerprint density at radius 3 is 1.89 bits per heavy atom. The summed E-state index contributed by atoms with van der Waals surface area (Å²) in [5, 5.41) is 18.9. The maximum Gasteiger partial charge on any atom is 0.320 e. The molecule has 0 aliphatic carbocycles. The monoisotopic (exact) mass is 600 g/mol. The smallest absolute Gasteiger partial charge is 0.320 e.